The van der Waals surface area contributed by atoms with Gasteiger partial charge in [-0.25, -0.2) is 9.97 Å². The average Bonchev–Trinajstić information content (AvgIpc) is 2.26. The van der Waals surface area contributed by atoms with Gasteiger partial charge in [-0.2, -0.15) is 13.2 Å². The summed E-state index contributed by atoms with van der Waals surface area (Å²) in [5.41, 5.74) is 5.35. The molecule has 0 saturated carbocycles. The lowest BCUT2D eigenvalue weighted by Crippen LogP contribution is -2.10. The van der Waals surface area contributed by atoms with E-state index in [1.54, 1.807) is 6.92 Å². The number of nitrogens with two attached hydrogens (primary N) is 1. The zero-order valence-corrected chi connectivity index (χ0v) is 8.99. The molecule has 0 spiro atoms. The summed E-state index contributed by atoms with van der Waals surface area (Å²) >= 11 is 0. The first-order valence-corrected chi connectivity index (χ1v) is 4.97. The maximum atomic E-state index is 12.5. The molecule has 1 unspecified atom stereocenters. The monoisotopic (exact) mass is 241 g/mol. The Kier molecular flexibility index (Phi) is 2.74. The van der Waals surface area contributed by atoms with Crippen molar-refractivity contribution in [2.45, 2.75) is 19.1 Å². The Morgan fingerprint density at radius 1 is 1.29 bits per heavy atom. The van der Waals surface area contributed by atoms with Crippen molar-refractivity contribution in [3.63, 3.8) is 0 Å². The Labute approximate surface area is 95.5 Å². The van der Waals surface area contributed by atoms with Crippen LogP contribution in [0.3, 0.4) is 0 Å². The van der Waals surface area contributed by atoms with Gasteiger partial charge in [0.2, 0.25) is 0 Å². The second-order valence-corrected chi connectivity index (χ2v) is 3.79. The summed E-state index contributed by atoms with van der Waals surface area (Å²) in [6, 6.07) is 3.01. The SMILES string of the molecule is CC(N)c1ncc2cc(C(F)(F)F)ccc2n1. The van der Waals surface area contributed by atoms with Crippen LogP contribution in [0.25, 0.3) is 10.9 Å². The molecule has 2 rings (SSSR count). The van der Waals surface area contributed by atoms with Crippen LogP contribution in [0.5, 0.6) is 0 Å². The van der Waals surface area contributed by atoms with Gasteiger partial charge in [-0.1, -0.05) is 0 Å². The maximum Gasteiger partial charge on any atom is 0.416 e. The minimum absolute atomic E-state index is 0.346. The molecule has 17 heavy (non-hydrogen) atoms. The quantitative estimate of drug-likeness (QED) is 0.835. The van der Waals surface area contributed by atoms with Gasteiger partial charge in [-0.15, -0.1) is 0 Å². The van der Waals surface area contributed by atoms with E-state index in [0.717, 1.165) is 12.1 Å². The molecule has 0 aliphatic heterocycles. The van der Waals surface area contributed by atoms with E-state index < -0.39 is 11.7 Å². The van der Waals surface area contributed by atoms with Crippen molar-refractivity contribution in [2.24, 2.45) is 5.73 Å². The fourth-order valence-electron chi connectivity index (χ4n) is 1.44. The maximum absolute atomic E-state index is 12.5. The molecule has 0 aliphatic carbocycles. The Morgan fingerprint density at radius 2 is 2.00 bits per heavy atom. The summed E-state index contributed by atoms with van der Waals surface area (Å²) < 4.78 is 37.4. The summed E-state index contributed by atoms with van der Waals surface area (Å²) in [6.45, 7) is 1.71. The van der Waals surface area contributed by atoms with Crippen LogP contribution in [0.2, 0.25) is 0 Å². The number of benzene rings is 1. The van der Waals surface area contributed by atoms with Crippen LogP contribution < -0.4 is 5.73 Å². The molecule has 0 bridgehead atoms. The topological polar surface area (TPSA) is 51.8 Å². The predicted molar refractivity (Wildman–Crippen MR) is 57.1 cm³/mol. The highest BCUT2D eigenvalue weighted by Gasteiger charge is 2.30. The Morgan fingerprint density at radius 3 is 2.59 bits per heavy atom. The third kappa shape index (κ3) is 2.36. The second-order valence-electron chi connectivity index (χ2n) is 3.79. The molecule has 2 N–H and O–H groups in total. The van der Waals surface area contributed by atoms with Gasteiger partial charge < -0.3 is 5.73 Å². The van der Waals surface area contributed by atoms with Gasteiger partial charge in [0.05, 0.1) is 17.1 Å². The van der Waals surface area contributed by atoms with E-state index in [4.69, 9.17) is 5.73 Å². The van der Waals surface area contributed by atoms with Gasteiger partial charge in [-0.3, -0.25) is 0 Å². The summed E-state index contributed by atoms with van der Waals surface area (Å²) in [7, 11) is 0. The van der Waals surface area contributed by atoms with Crippen molar-refractivity contribution >= 4 is 10.9 Å². The average molecular weight is 241 g/mol. The molecule has 6 heteroatoms. The van der Waals surface area contributed by atoms with Gasteiger partial charge in [0, 0.05) is 11.6 Å². The molecular weight excluding hydrogens is 231 g/mol. The number of rotatable bonds is 1. The molecule has 0 amide bonds. The minimum Gasteiger partial charge on any atom is -0.322 e. The molecule has 0 radical (unpaired) electrons. The lowest BCUT2D eigenvalue weighted by molar-refractivity contribution is -0.137. The molecular formula is C11H10F3N3. The Hall–Kier alpha value is -1.69. The number of hydrogen-bond acceptors (Lipinski definition) is 3. The highest BCUT2D eigenvalue weighted by molar-refractivity contribution is 5.78. The van der Waals surface area contributed by atoms with Crippen LogP contribution in [-0.2, 0) is 6.18 Å². The van der Waals surface area contributed by atoms with E-state index >= 15 is 0 Å². The van der Waals surface area contributed by atoms with E-state index in [1.165, 1.54) is 12.3 Å². The first-order valence-electron chi connectivity index (χ1n) is 4.97. The number of halogens is 3. The molecule has 3 nitrogen and oxygen atoms in total. The van der Waals surface area contributed by atoms with Gasteiger partial charge >= 0.3 is 6.18 Å². The molecule has 0 saturated heterocycles. The zero-order chi connectivity index (χ0) is 12.6. The number of hydrogen-bond donors (Lipinski definition) is 1. The van der Waals surface area contributed by atoms with Gasteiger partial charge in [0.1, 0.15) is 5.82 Å². The van der Waals surface area contributed by atoms with Crippen LogP contribution >= 0.6 is 0 Å². The lowest BCUT2D eigenvalue weighted by Gasteiger charge is -2.08. The molecule has 1 heterocycles. The molecule has 1 atom stereocenters. The van der Waals surface area contributed by atoms with Crippen molar-refractivity contribution in [1.82, 2.24) is 9.97 Å². The van der Waals surface area contributed by atoms with Gasteiger partial charge in [0.25, 0.3) is 0 Å². The number of fused-ring (bicyclic) bond motifs is 1. The van der Waals surface area contributed by atoms with Crippen LogP contribution in [0.1, 0.15) is 24.4 Å². The van der Waals surface area contributed by atoms with E-state index in [1.807, 2.05) is 0 Å². The fraction of sp³-hybridized carbons (Fsp3) is 0.273. The predicted octanol–water partition coefficient (Wildman–Crippen LogP) is 2.67. The summed E-state index contributed by atoms with van der Waals surface area (Å²) in [5, 5.41) is 0.351. The zero-order valence-electron chi connectivity index (χ0n) is 8.99. The molecule has 0 fully saturated rings. The number of nitrogens with zero attached hydrogens (tertiary/aromatic N) is 2. The van der Waals surface area contributed by atoms with Crippen LogP contribution in [0.4, 0.5) is 13.2 Å². The highest BCUT2D eigenvalue weighted by Crippen LogP contribution is 2.30. The summed E-state index contributed by atoms with van der Waals surface area (Å²) in [4.78, 5) is 8.02. The fourth-order valence-corrected chi connectivity index (χ4v) is 1.44. The van der Waals surface area contributed by atoms with Gasteiger partial charge in [0.15, 0.2) is 0 Å². The van der Waals surface area contributed by atoms with Crippen LogP contribution in [-0.4, -0.2) is 9.97 Å². The van der Waals surface area contributed by atoms with Crippen LogP contribution in [0, 0.1) is 0 Å². The van der Waals surface area contributed by atoms with Crippen molar-refractivity contribution in [3.8, 4) is 0 Å². The number of alkyl halides is 3. The van der Waals surface area contributed by atoms with Crippen molar-refractivity contribution in [3.05, 3.63) is 35.8 Å². The van der Waals surface area contributed by atoms with E-state index in [9.17, 15) is 13.2 Å². The molecule has 1 aromatic carbocycles. The highest BCUT2D eigenvalue weighted by atomic mass is 19.4. The Balaban J connectivity index is 2.54. The van der Waals surface area contributed by atoms with E-state index in [-0.39, 0.29) is 6.04 Å². The van der Waals surface area contributed by atoms with Crippen molar-refractivity contribution < 1.29 is 13.2 Å². The van der Waals surface area contributed by atoms with Crippen LogP contribution in [0.15, 0.2) is 24.4 Å². The first-order chi connectivity index (χ1) is 7.88. The normalized spacial score (nSPS) is 13.9. The molecule has 1 aromatic heterocycles. The van der Waals surface area contributed by atoms with Crippen molar-refractivity contribution in [1.29, 1.82) is 0 Å². The van der Waals surface area contributed by atoms with Gasteiger partial charge in [-0.05, 0) is 25.1 Å². The minimum atomic E-state index is -4.35. The summed E-state index contributed by atoms with van der Waals surface area (Å²) in [5.74, 6) is 0.414. The first kappa shape index (κ1) is 11.8. The number of aromatic nitrogens is 2. The molecule has 0 aliphatic rings. The van der Waals surface area contributed by atoms with E-state index in [0.29, 0.717) is 16.7 Å². The largest absolute Gasteiger partial charge is 0.416 e. The van der Waals surface area contributed by atoms with E-state index in [2.05, 4.69) is 9.97 Å². The molecule has 2 aromatic rings. The van der Waals surface area contributed by atoms with Crippen molar-refractivity contribution in [2.75, 3.05) is 0 Å². The third-order valence-corrected chi connectivity index (χ3v) is 2.33. The Bertz CT molecular complexity index is 549. The standard InChI is InChI=1S/C11H10F3N3/c1-6(15)10-16-5-7-4-8(11(12,13)14)2-3-9(7)17-10/h2-6H,15H2,1H3. The third-order valence-electron chi connectivity index (χ3n) is 2.33. The summed E-state index contributed by atoms with van der Waals surface area (Å²) in [6.07, 6.45) is -3.00. The molecule has 90 valence electrons. The second kappa shape index (κ2) is 3.96. The lowest BCUT2D eigenvalue weighted by atomic mass is 10.1. The smallest absolute Gasteiger partial charge is 0.322 e.